The lowest BCUT2D eigenvalue weighted by atomic mass is 10.1. The molecule has 0 saturated heterocycles. The Balaban J connectivity index is 2.34. The van der Waals surface area contributed by atoms with Crippen LogP contribution in [0.4, 0.5) is 0 Å². The van der Waals surface area contributed by atoms with Crippen molar-refractivity contribution in [3.05, 3.63) is 40.9 Å². The van der Waals surface area contributed by atoms with E-state index in [0.717, 1.165) is 24.3 Å². The van der Waals surface area contributed by atoms with Gasteiger partial charge in [-0.3, -0.25) is 9.67 Å². The van der Waals surface area contributed by atoms with E-state index in [1.165, 1.54) is 0 Å². The van der Waals surface area contributed by atoms with Crippen molar-refractivity contribution in [2.75, 3.05) is 27.7 Å². The van der Waals surface area contributed by atoms with Gasteiger partial charge in [0.15, 0.2) is 0 Å². The van der Waals surface area contributed by atoms with Crippen molar-refractivity contribution in [3.63, 3.8) is 0 Å². The molecule has 0 bridgehead atoms. The fraction of sp³-hybridized carbons (Fsp3) is 0.429. The highest BCUT2D eigenvalue weighted by Gasteiger charge is 2.21. The third-order valence-electron chi connectivity index (χ3n) is 3.26. The molecular formula is C14H20ClN5O. The van der Waals surface area contributed by atoms with Crippen LogP contribution in [0.2, 0.25) is 5.02 Å². The summed E-state index contributed by atoms with van der Waals surface area (Å²) in [7, 11) is 5.62. The van der Waals surface area contributed by atoms with Crippen LogP contribution in [0.25, 0.3) is 0 Å². The van der Waals surface area contributed by atoms with E-state index in [1.807, 2.05) is 24.8 Å². The van der Waals surface area contributed by atoms with Crippen LogP contribution in [0.3, 0.4) is 0 Å². The lowest BCUT2D eigenvalue weighted by molar-refractivity contribution is 0.367. The molecule has 0 spiro atoms. The van der Waals surface area contributed by atoms with Crippen molar-refractivity contribution >= 4 is 11.6 Å². The van der Waals surface area contributed by atoms with Crippen LogP contribution < -0.4 is 10.5 Å². The highest BCUT2D eigenvalue weighted by Crippen LogP contribution is 2.31. The highest BCUT2D eigenvalue weighted by molar-refractivity contribution is 6.31. The summed E-state index contributed by atoms with van der Waals surface area (Å²) in [5, 5.41) is 4.87. The normalized spacial score (nSPS) is 12.7. The SMILES string of the molecule is COc1cnccc1C(N)c1c(Cl)cnn1CCN(C)C. The molecule has 0 aromatic carbocycles. The lowest BCUT2D eigenvalue weighted by Crippen LogP contribution is -2.23. The van der Waals surface area contributed by atoms with Gasteiger partial charge in [0.25, 0.3) is 0 Å². The lowest BCUT2D eigenvalue weighted by Gasteiger charge is -2.18. The van der Waals surface area contributed by atoms with Crippen LogP contribution >= 0.6 is 11.6 Å². The number of pyridine rings is 1. The number of aromatic nitrogens is 3. The number of methoxy groups -OCH3 is 1. The molecule has 114 valence electrons. The van der Waals surface area contributed by atoms with E-state index >= 15 is 0 Å². The summed E-state index contributed by atoms with van der Waals surface area (Å²) in [5.41, 5.74) is 7.99. The van der Waals surface area contributed by atoms with Crippen LogP contribution in [-0.2, 0) is 6.54 Å². The Morgan fingerprint density at radius 3 is 2.86 bits per heavy atom. The standard InChI is InChI=1S/C14H20ClN5O/c1-19(2)6-7-20-14(11(15)8-18-20)13(16)10-4-5-17-9-12(10)21-3/h4-5,8-9,13H,6-7,16H2,1-3H3. The molecule has 1 atom stereocenters. The van der Waals surface area contributed by atoms with Crippen molar-refractivity contribution in [1.29, 1.82) is 0 Å². The predicted molar refractivity (Wildman–Crippen MR) is 82.6 cm³/mol. The smallest absolute Gasteiger partial charge is 0.142 e. The number of likely N-dealkylation sites (N-methyl/N-ethyl adjacent to an activating group) is 1. The van der Waals surface area contributed by atoms with Crippen molar-refractivity contribution in [2.24, 2.45) is 5.73 Å². The predicted octanol–water partition coefficient (Wildman–Crippen LogP) is 1.55. The van der Waals surface area contributed by atoms with Crippen molar-refractivity contribution in [3.8, 4) is 5.75 Å². The molecule has 1 unspecified atom stereocenters. The minimum absolute atomic E-state index is 0.417. The summed E-state index contributed by atoms with van der Waals surface area (Å²) in [6.45, 7) is 1.57. The van der Waals surface area contributed by atoms with Gasteiger partial charge in [0.05, 0.1) is 42.8 Å². The molecule has 0 saturated carbocycles. The molecule has 0 fully saturated rings. The Morgan fingerprint density at radius 1 is 1.43 bits per heavy atom. The van der Waals surface area contributed by atoms with Crippen LogP contribution in [0.15, 0.2) is 24.7 Å². The molecule has 2 aromatic heterocycles. The first-order chi connectivity index (χ1) is 10.0. The second-order valence-corrected chi connectivity index (χ2v) is 5.41. The number of hydrogen-bond acceptors (Lipinski definition) is 5. The van der Waals surface area contributed by atoms with Crippen molar-refractivity contribution in [2.45, 2.75) is 12.6 Å². The molecule has 6 nitrogen and oxygen atoms in total. The van der Waals surface area contributed by atoms with Gasteiger partial charge in [0, 0.05) is 18.3 Å². The average Bonchev–Trinajstić information content (AvgIpc) is 2.85. The number of nitrogens with two attached hydrogens (primary N) is 1. The Kier molecular flexibility index (Phi) is 5.17. The van der Waals surface area contributed by atoms with Crippen LogP contribution in [0.5, 0.6) is 5.75 Å². The van der Waals surface area contributed by atoms with Crippen LogP contribution in [0.1, 0.15) is 17.3 Å². The van der Waals surface area contributed by atoms with E-state index in [9.17, 15) is 0 Å². The number of rotatable bonds is 6. The van der Waals surface area contributed by atoms with Gasteiger partial charge in [-0.1, -0.05) is 11.6 Å². The van der Waals surface area contributed by atoms with E-state index in [-0.39, 0.29) is 0 Å². The molecule has 0 aliphatic carbocycles. The van der Waals surface area contributed by atoms with Gasteiger partial charge in [0.1, 0.15) is 5.75 Å². The Hall–Kier alpha value is -1.63. The molecule has 0 amide bonds. The molecule has 2 N–H and O–H groups in total. The maximum absolute atomic E-state index is 6.38. The Bertz CT molecular complexity index is 599. The third-order valence-corrected chi connectivity index (χ3v) is 3.55. The van der Waals surface area contributed by atoms with Gasteiger partial charge in [0.2, 0.25) is 0 Å². The Morgan fingerprint density at radius 2 is 2.19 bits per heavy atom. The minimum Gasteiger partial charge on any atom is -0.495 e. The van der Waals surface area contributed by atoms with Gasteiger partial charge in [-0.15, -0.1) is 0 Å². The third kappa shape index (κ3) is 3.53. The van der Waals surface area contributed by atoms with Gasteiger partial charge >= 0.3 is 0 Å². The zero-order valence-corrected chi connectivity index (χ0v) is 13.2. The topological polar surface area (TPSA) is 69.2 Å². The second-order valence-electron chi connectivity index (χ2n) is 5.00. The van der Waals surface area contributed by atoms with E-state index in [1.54, 1.807) is 25.7 Å². The first-order valence-electron chi connectivity index (χ1n) is 6.64. The first-order valence-corrected chi connectivity index (χ1v) is 7.01. The second kappa shape index (κ2) is 6.89. The van der Waals surface area contributed by atoms with E-state index < -0.39 is 6.04 Å². The van der Waals surface area contributed by atoms with Gasteiger partial charge in [-0.25, -0.2) is 0 Å². The number of hydrogen-bond donors (Lipinski definition) is 1. The molecular weight excluding hydrogens is 290 g/mol. The molecule has 2 heterocycles. The minimum atomic E-state index is -0.417. The number of halogens is 1. The summed E-state index contributed by atoms with van der Waals surface area (Å²) in [6, 6.07) is 1.42. The average molecular weight is 310 g/mol. The largest absolute Gasteiger partial charge is 0.495 e. The fourth-order valence-electron chi connectivity index (χ4n) is 2.12. The zero-order chi connectivity index (χ0) is 15.4. The quantitative estimate of drug-likeness (QED) is 0.877. The van der Waals surface area contributed by atoms with Crippen LogP contribution in [-0.4, -0.2) is 47.4 Å². The van der Waals surface area contributed by atoms with Gasteiger partial charge in [-0.05, 0) is 20.2 Å². The Labute approximate surface area is 129 Å². The van der Waals surface area contributed by atoms with Crippen molar-refractivity contribution < 1.29 is 4.74 Å². The summed E-state index contributed by atoms with van der Waals surface area (Å²) in [4.78, 5) is 6.12. The highest BCUT2D eigenvalue weighted by atomic mass is 35.5. The molecule has 21 heavy (non-hydrogen) atoms. The van der Waals surface area contributed by atoms with E-state index in [4.69, 9.17) is 22.1 Å². The molecule has 0 aliphatic rings. The van der Waals surface area contributed by atoms with Crippen molar-refractivity contribution in [1.82, 2.24) is 19.7 Å². The van der Waals surface area contributed by atoms with E-state index in [0.29, 0.717) is 10.8 Å². The maximum atomic E-state index is 6.38. The summed E-state index contributed by atoms with van der Waals surface area (Å²) in [6.07, 6.45) is 4.95. The fourth-order valence-corrected chi connectivity index (χ4v) is 2.38. The molecule has 0 radical (unpaired) electrons. The molecule has 0 aliphatic heterocycles. The summed E-state index contributed by atoms with van der Waals surface area (Å²) < 4.78 is 7.16. The van der Waals surface area contributed by atoms with Gasteiger partial charge in [-0.2, -0.15) is 5.10 Å². The number of ether oxygens (including phenoxy) is 1. The summed E-state index contributed by atoms with van der Waals surface area (Å²) in [5.74, 6) is 0.640. The van der Waals surface area contributed by atoms with Gasteiger partial charge < -0.3 is 15.4 Å². The molecule has 2 rings (SSSR count). The molecule has 7 heteroatoms. The number of nitrogens with zero attached hydrogens (tertiary/aromatic N) is 4. The maximum Gasteiger partial charge on any atom is 0.142 e. The monoisotopic (exact) mass is 309 g/mol. The van der Waals surface area contributed by atoms with E-state index in [2.05, 4.69) is 15.0 Å². The van der Waals surface area contributed by atoms with Crippen LogP contribution in [0, 0.1) is 0 Å². The molecule has 2 aromatic rings. The first kappa shape index (κ1) is 15.8. The summed E-state index contributed by atoms with van der Waals surface area (Å²) >= 11 is 6.27. The zero-order valence-electron chi connectivity index (χ0n) is 12.5.